The van der Waals surface area contributed by atoms with Crippen molar-refractivity contribution in [2.75, 3.05) is 20.7 Å². The predicted octanol–water partition coefficient (Wildman–Crippen LogP) is 0.572. The summed E-state index contributed by atoms with van der Waals surface area (Å²) in [6.07, 6.45) is -0.890. The Labute approximate surface area is 95.8 Å². The molecule has 0 radical (unpaired) electrons. The van der Waals surface area contributed by atoms with E-state index >= 15 is 0 Å². The lowest BCUT2D eigenvalue weighted by Crippen LogP contribution is -2.44. The lowest BCUT2D eigenvalue weighted by Gasteiger charge is -2.23. The molecule has 0 aromatic rings. The first-order chi connectivity index (χ1) is 7.28. The standard InChI is InChI=1S/C10H20N2O4/c1-10(2,3)11-9(14)16-8(7-13)6-12(4)15-5/h7-8H,6H2,1-5H3,(H,11,14). The second-order valence-electron chi connectivity index (χ2n) is 4.45. The van der Waals surface area contributed by atoms with Gasteiger partial charge in [0.25, 0.3) is 0 Å². The Morgan fingerprint density at radius 2 is 2.06 bits per heavy atom. The Hall–Kier alpha value is -1.14. The Balaban J connectivity index is 4.12. The van der Waals surface area contributed by atoms with E-state index in [1.54, 1.807) is 7.05 Å². The van der Waals surface area contributed by atoms with E-state index in [4.69, 9.17) is 9.57 Å². The van der Waals surface area contributed by atoms with Gasteiger partial charge in [-0.3, -0.25) is 4.79 Å². The van der Waals surface area contributed by atoms with Gasteiger partial charge in [-0.15, -0.1) is 0 Å². The summed E-state index contributed by atoms with van der Waals surface area (Å²) in [5, 5.41) is 4.00. The molecule has 16 heavy (non-hydrogen) atoms. The van der Waals surface area contributed by atoms with Crippen molar-refractivity contribution in [2.24, 2.45) is 0 Å². The largest absolute Gasteiger partial charge is 0.437 e. The van der Waals surface area contributed by atoms with E-state index in [-0.39, 0.29) is 6.54 Å². The van der Waals surface area contributed by atoms with E-state index in [0.717, 1.165) is 0 Å². The van der Waals surface area contributed by atoms with Crippen LogP contribution in [0, 0.1) is 0 Å². The van der Waals surface area contributed by atoms with Crippen molar-refractivity contribution < 1.29 is 19.2 Å². The van der Waals surface area contributed by atoms with Crippen molar-refractivity contribution in [1.82, 2.24) is 10.4 Å². The lowest BCUT2D eigenvalue weighted by molar-refractivity contribution is -0.138. The van der Waals surface area contributed by atoms with Crippen LogP contribution >= 0.6 is 0 Å². The molecule has 0 bridgehead atoms. The van der Waals surface area contributed by atoms with Crippen molar-refractivity contribution in [3.8, 4) is 0 Å². The maximum Gasteiger partial charge on any atom is 0.408 e. The van der Waals surface area contributed by atoms with Gasteiger partial charge in [0.1, 0.15) is 0 Å². The minimum Gasteiger partial charge on any atom is -0.437 e. The fourth-order valence-electron chi connectivity index (χ4n) is 0.909. The van der Waals surface area contributed by atoms with Crippen molar-refractivity contribution in [1.29, 1.82) is 0 Å². The summed E-state index contributed by atoms with van der Waals surface area (Å²) >= 11 is 0. The van der Waals surface area contributed by atoms with Crippen LogP contribution in [-0.4, -0.2) is 49.8 Å². The van der Waals surface area contributed by atoms with E-state index in [1.165, 1.54) is 12.2 Å². The molecule has 1 N–H and O–H groups in total. The number of aldehydes is 1. The van der Waals surface area contributed by atoms with Gasteiger partial charge in [-0.05, 0) is 20.8 Å². The molecule has 1 atom stereocenters. The maximum atomic E-state index is 11.3. The minimum absolute atomic E-state index is 0.192. The first kappa shape index (κ1) is 14.9. The molecule has 0 saturated heterocycles. The minimum atomic E-state index is -0.840. The lowest BCUT2D eigenvalue weighted by atomic mass is 10.1. The van der Waals surface area contributed by atoms with Crippen LogP contribution in [-0.2, 0) is 14.4 Å². The molecular weight excluding hydrogens is 212 g/mol. The average Bonchev–Trinajstić information content (AvgIpc) is 2.13. The van der Waals surface area contributed by atoms with Crippen LogP contribution in [0.3, 0.4) is 0 Å². The van der Waals surface area contributed by atoms with Crippen molar-refractivity contribution in [2.45, 2.75) is 32.4 Å². The van der Waals surface area contributed by atoms with Gasteiger partial charge in [-0.1, -0.05) is 0 Å². The SMILES string of the molecule is CON(C)CC(C=O)OC(=O)NC(C)(C)C. The highest BCUT2D eigenvalue weighted by Crippen LogP contribution is 2.01. The highest BCUT2D eigenvalue weighted by molar-refractivity contribution is 5.71. The Morgan fingerprint density at radius 1 is 1.50 bits per heavy atom. The van der Waals surface area contributed by atoms with Crippen LogP contribution < -0.4 is 5.32 Å². The van der Waals surface area contributed by atoms with Gasteiger partial charge in [-0.2, -0.15) is 5.06 Å². The van der Waals surface area contributed by atoms with E-state index in [2.05, 4.69) is 5.32 Å². The maximum absolute atomic E-state index is 11.3. The number of hydroxylamine groups is 2. The molecule has 94 valence electrons. The Kier molecular flexibility index (Phi) is 5.98. The zero-order valence-corrected chi connectivity index (χ0v) is 10.4. The van der Waals surface area contributed by atoms with Crippen LogP contribution in [0.4, 0.5) is 4.79 Å². The Morgan fingerprint density at radius 3 is 2.44 bits per heavy atom. The van der Waals surface area contributed by atoms with Gasteiger partial charge >= 0.3 is 6.09 Å². The van der Waals surface area contributed by atoms with Gasteiger partial charge in [0, 0.05) is 12.6 Å². The third-order valence-corrected chi connectivity index (χ3v) is 1.64. The second-order valence-corrected chi connectivity index (χ2v) is 4.45. The summed E-state index contributed by atoms with van der Waals surface area (Å²) < 4.78 is 4.91. The van der Waals surface area contributed by atoms with Crippen LogP contribution in [0.5, 0.6) is 0 Å². The third-order valence-electron chi connectivity index (χ3n) is 1.64. The number of nitrogens with one attached hydrogen (secondary N) is 1. The number of carbonyl (C=O) groups is 2. The third kappa shape index (κ3) is 7.19. The summed E-state index contributed by atoms with van der Waals surface area (Å²) in [6, 6.07) is 0. The first-order valence-corrected chi connectivity index (χ1v) is 4.98. The molecule has 0 spiro atoms. The number of amides is 1. The average molecular weight is 232 g/mol. The van der Waals surface area contributed by atoms with E-state index in [1.807, 2.05) is 20.8 Å². The van der Waals surface area contributed by atoms with Crippen molar-refractivity contribution in [3.05, 3.63) is 0 Å². The number of carbonyl (C=O) groups excluding carboxylic acids is 2. The molecule has 6 heteroatoms. The topological polar surface area (TPSA) is 67.9 Å². The normalized spacial score (nSPS) is 13.4. The van der Waals surface area contributed by atoms with Gasteiger partial charge in [0.05, 0.1) is 13.7 Å². The fourth-order valence-corrected chi connectivity index (χ4v) is 0.909. The number of likely N-dealkylation sites (N-methyl/N-ethyl adjacent to an activating group) is 1. The smallest absolute Gasteiger partial charge is 0.408 e. The van der Waals surface area contributed by atoms with Gasteiger partial charge < -0.3 is 14.9 Å². The van der Waals surface area contributed by atoms with Gasteiger partial charge in [0.15, 0.2) is 12.4 Å². The van der Waals surface area contributed by atoms with Crippen LogP contribution in [0.25, 0.3) is 0 Å². The molecule has 0 saturated carbocycles. The molecule has 0 aromatic carbocycles. The zero-order valence-electron chi connectivity index (χ0n) is 10.4. The second kappa shape index (κ2) is 6.44. The zero-order chi connectivity index (χ0) is 12.8. The summed E-state index contributed by atoms with van der Waals surface area (Å²) in [5.41, 5.74) is -0.391. The van der Waals surface area contributed by atoms with E-state index < -0.39 is 17.7 Å². The number of ether oxygens (including phenoxy) is 1. The van der Waals surface area contributed by atoms with E-state index in [9.17, 15) is 9.59 Å². The summed E-state index contributed by atoms with van der Waals surface area (Å²) in [6.45, 7) is 5.67. The molecule has 0 heterocycles. The van der Waals surface area contributed by atoms with Gasteiger partial charge in [0.2, 0.25) is 0 Å². The molecule has 0 fully saturated rings. The summed E-state index contributed by atoms with van der Waals surface area (Å²) in [4.78, 5) is 26.8. The van der Waals surface area contributed by atoms with Crippen molar-refractivity contribution >= 4 is 12.4 Å². The molecule has 6 nitrogen and oxygen atoms in total. The molecular formula is C10H20N2O4. The molecule has 0 aliphatic heterocycles. The molecule has 0 aromatic heterocycles. The highest BCUT2D eigenvalue weighted by atomic mass is 16.7. The number of hydrogen-bond donors (Lipinski definition) is 1. The Bertz CT molecular complexity index is 237. The molecule has 0 aliphatic carbocycles. The first-order valence-electron chi connectivity index (χ1n) is 4.98. The van der Waals surface area contributed by atoms with Crippen LogP contribution in [0.1, 0.15) is 20.8 Å². The quantitative estimate of drug-likeness (QED) is 0.554. The van der Waals surface area contributed by atoms with Crippen molar-refractivity contribution in [3.63, 3.8) is 0 Å². The van der Waals surface area contributed by atoms with Crippen LogP contribution in [0.15, 0.2) is 0 Å². The molecule has 0 aliphatic rings. The number of alkyl carbamates (subject to hydrolysis) is 1. The van der Waals surface area contributed by atoms with E-state index in [0.29, 0.717) is 6.29 Å². The molecule has 1 unspecified atom stereocenters. The van der Waals surface area contributed by atoms with Crippen LogP contribution in [0.2, 0.25) is 0 Å². The molecule has 1 amide bonds. The number of nitrogens with zero attached hydrogens (tertiary/aromatic N) is 1. The van der Waals surface area contributed by atoms with Gasteiger partial charge in [-0.25, -0.2) is 4.79 Å². The summed E-state index contributed by atoms with van der Waals surface area (Å²) in [7, 11) is 3.11. The highest BCUT2D eigenvalue weighted by Gasteiger charge is 2.19. The number of hydrogen-bond acceptors (Lipinski definition) is 5. The predicted molar refractivity (Wildman–Crippen MR) is 58.9 cm³/mol. The molecule has 0 rings (SSSR count). The monoisotopic (exact) mass is 232 g/mol. The summed E-state index contributed by atoms with van der Waals surface area (Å²) in [5.74, 6) is 0. The fraction of sp³-hybridized carbons (Fsp3) is 0.800. The number of rotatable bonds is 5.